The molecule has 10 atom stereocenters. The van der Waals surface area contributed by atoms with Gasteiger partial charge in [0.05, 0.1) is 18.7 Å². The first-order chi connectivity index (χ1) is 23.9. The maximum atomic E-state index is 12.4. The van der Waals surface area contributed by atoms with Gasteiger partial charge < -0.3 is 39.1 Å². The Morgan fingerprint density at radius 2 is 1.74 bits per heavy atom. The van der Waals surface area contributed by atoms with Crippen LogP contribution >= 0.6 is 12.2 Å². The van der Waals surface area contributed by atoms with Gasteiger partial charge in [0, 0.05) is 51.9 Å². The van der Waals surface area contributed by atoms with Gasteiger partial charge in [-0.05, 0) is 73.3 Å². The number of nitrogens with zero attached hydrogens (tertiary/aromatic N) is 2. The van der Waals surface area contributed by atoms with Crippen LogP contribution in [0.4, 0.5) is 0 Å². The molecule has 0 saturated carbocycles. The SMILES string of the molecule is C=CC1CN2CCC1CC2[C@@H](NC(=S)NC1OC(COC(C)=O)C(OC(C)=O)C(OC(C)=O)C1OC(C)=O)c1ccnc2ccc(OC)cc12. The molecule has 4 fully saturated rings. The van der Waals surface area contributed by atoms with Crippen LogP contribution in [0.3, 0.4) is 0 Å². The molecule has 2 aromatic rings. The number of piperidine rings is 3. The van der Waals surface area contributed by atoms with Crippen LogP contribution in [0, 0.1) is 11.8 Å². The van der Waals surface area contributed by atoms with Gasteiger partial charge >= 0.3 is 23.9 Å². The van der Waals surface area contributed by atoms with Crippen molar-refractivity contribution in [3.05, 3.63) is 48.7 Å². The highest BCUT2D eigenvalue weighted by molar-refractivity contribution is 7.80. The van der Waals surface area contributed by atoms with E-state index in [1.807, 2.05) is 30.3 Å². The number of esters is 4. The zero-order valence-electron chi connectivity index (χ0n) is 28.8. The van der Waals surface area contributed by atoms with E-state index in [0.29, 0.717) is 17.6 Å². The number of carbonyl (C=O) groups is 4. The topological polar surface area (TPSA) is 164 Å². The van der Waals surface area contributed by atoms with Crippen molar-refractivity contribution >= 4 is 52.1 Å². The van der Waals surface area contributed by atoms with Crippen molar-refractivity contribution in [2.75, 3.05) is 26.8 Å². The summed E-state index contributed by atoms with van der Waals surface area (Å²) in [5.74, 6) is -1.24. The van der Waals surface area contributed by atoms with Gasteiger partial charge in [0.15, 0.2) is 29.7 Å². The lowest BCUT2D eigenvalue weighted by Crippen LogP contribution is -2.67. The molecule has 270 valence electrons. The monoisotopic (exact) mass is 712 g/mol. The lowest BCUT2D eigenvalue weighted by atomic mass is 9.73. The fraction of sp³-hybridized carbons (Fsp3) is 0.543. The first-order valence-corrected chi connectivity index (χ1v) is 17.0. The van der Waals surface area contributed by atoms with E-state index in [2.05, 4.69) is 27.1 Å². The van der Waals surface area contributed by atoms with Crippen molar-refractivity contribution in [3.8, 4) is 5.75 Å². The third-order valence-corrected chi connectivity index (χ3v) is 9.64. The number of nitrogens with one attached hydrogen (secondary N) is 2. The van der Waals surface area contributed by atoms with E-state index >= 15 is 0 Å². The van der Waals surface area contributed by atoms with Crippen LogP contribution < -0.4 is 15.4 Å². The van der Waals surface area contributed by atoms with Crippen LogP contribution in [0.1, 0.15) is 52.1 Å². The zero-order valence-corrected chi connectivity index (χ0v) is 29.6. The van der Waals surface area contributed by atoms with E-state index in [9.17, 15) is 19.2 Å². The highest BCUT2D eigenvalue weighted by Crippen LogP contribution is 2.42. The Morgan fingerprint density at radius 1 is 1.04 bits per heavy atom. The Bertz CT molecular complexity index is 1620. The molecule has 0 aliphatic carbocycles. The Morgan fingerprint density at radius 3 is 2.36 bits per heavy atom. The molecule has 9 unspecified atom stereocenters. The number of ether oxygens (including phenoxy) is 6. The normalized spacial score (nSPS) is 29.2. The summed E-state index contributed by atoms with van der Waals surface area (Å²) in [5, 5.41) is 7.67. The molecule has 2 N–H and O–H groups in total. The largest absolute Gasteiger partial charge is 0.497 e. The summed E-state index contributed by atoms with van der Waals surface area (Å²) in [6, 6.07) is 7.38. The van der Waals surface area contributed by atoms with E-state index in [4.69, 9.17) is 40.6 Å². The van der Waals surface area contributed by atoms with Crippen molar-refractivity contribution in [2.45, 2.75) is 83.3 Å². The minimum Gasteiger partial charge on any atom is -0.497 e. The molecule has 4 saturated heterocycles. The summed E-state index contributed by atoms with van der Waals surface area (Å²) in [4.78, 5) is 55.6. The van der Waals surface area contributed by atoms with Gasteiger partial charge in [0.25, 0.3) is 0 Å². The molecule has 50 heavy (non-hydrogen) atoms. The standard InChI is InChI=1S/C35H44N4O10S/c1-7-22-16-39-13-11-23(22)14-28(39)30(25-10-12-36-27-9-8-24(44-6)15-26(25)27)37-35(50)38-34-33(48-21(5)43)32(47-20(4)42)31(46-19(3)41)29(49-34)17-45-18(2)40/h7-10,12,15,22-23,28-34H,1,11,13-14,16-17H2,2-6H3,(H2,37,38,50)/t22?,23?,28?,29?,30-,31?,32?,33?,34?/m0/s1. The van der Waals surface area contributed by atoms with Crippen molar-refractivity contribution in [1.82, 2.24) is 20.5 Å². The van der Waals surface area contributed by atoms with Crippen LogP contribution in [-0.2, 0) is 42.9 Å². The molecule has 0 amide bonds. The summed E-state index contributed by atoms with van der Waals surface area (Å²) in [7, 11) is 1.61. The van der Waals surface area contributed by atoms with Crippen molar-refractivity contribution in [1.29, 1.82) is 0 Å². The van der Waals surface area contributed by atoms with Gasteiger partial charge in [0.1, 0.15) is 18.5 Å². The van der Waals surface area contributed by atoms with Crippen molar-refractivity contribution in [2.24, 2.45) is 11.8 Å². The first-order valence-electron chi connectivity index (χ1n) is 16.5. The van der Waals surface area contributed by atoms with Crippen molar-refractivity contribution in [3.63, 3.8) is 0 Å². The predicted octanol–water partition coefficient (Wildman–Crippen LogP) is 2.73. The molecule has 15 heteroatoms. The average Bonchev–Trinajstić information content (AvgIpc) is 3.08. The summed E-state index contributed by atoms with van der Waals surface area (Å²) >= 11 is 5.92. The number of aromatic nitrogens is 1. The second-order valence-electron chi connectivity index (χ2n) is 12.7. The number of hydrogen-bond donors (Lipinski definition) is 2. The number of thiocarbonyl (C=S) groups is 1. The molecule has 0 radical (unpaired) electrons. The summed E-state index contributed by atoms with van der Waals surface area (Å²) in [5.41, 5.74) is 1.74. The number of hydrogen-bond acceptors (Lipinski definition) is 13. The van der Waals surface area contributed by atoms with Crippen LogP contribution in [0.5, 0.6) is 5.75 Å². The first kappa shape index (κ1) is 36.9. The third kappa shape index (κ3) is 8.50. The minimum atomic E-state index is -1.33. The number of carbonyl (C=O) groups excluding carboxylic acids is 4. The third-order valence-electron chi connectivity index (χ3n) is 9.41. The summed E-state index contributed by atoms with van der Waals surface area (Å²) in [6.07, 6.45) is -0.520. The molecule has 0 spiro atoms. The number of rotatable bonds is 11. The number of fused-ring (bicyclic) bond motifs is 4. The fourth-order valence-electron chi connectivity index (χ4n) is 7.31. The molecule has 4 aliphatic rings. The molecule has 4 aliphatic heterocycles. The molecule has 5 heterocycles. The fourth-order valence-corrected chi connectivity index (χ4v) is 7.55. The van der Waals surface area contributed by atoms with Crippen LogP contribution in [0.25, 0.3) is 10.9 Å². The second kappa shape index (κ2) is 16.1. The van der Waals surface area contributed by atoms with Gasteiger partial charge in [-0.1, -0.05) is 6.08 Å². The van der Waals surface area contributed by atoms with Gasteiger partial charge in [-0.2, -0.15) is 0 Å². The lowest BCUT2D eigenvalue weighted by molar-refractivity contribution is -0.255. The van der Waals surface area contributed by atoms with E-state index in [-0.39, 0.29) is 23.8 Å². The Balaban J connectivity index is 1.50. The van der Waals surface area contributed by atoms with Crippen LogP contribution in [0.15, 0.2) is 43.1 Å². The summed E-state index contributed by atoms with van der Waals surface area (Å²) in [6.45, 7) is 10.2. The number of methoxy groups -OCH3 is 1. The van der Waals surface area contributed by atoms with Gasteiger partial charge in [-0.25, -0.2) is 0 Å². The minimum absolute atomic E-state index is 0.0388. The zero-order chi connectivity index (χ0) is 36.1. The van der Waals surface area contributed by atoms with E-state index in [1.165, 1.54) is 27.7 Å². The van der Waals surface area contributed by atoms with E-state index in [0.717, 1.165) is 42.4 Å². The van der Waals surface area contributed by atoms with E-state index in [1.54, 1.807) is 13.3 Å². The maximum Gasteiger partial charge on any atom is 0.303 e. The number of benzene rings is 1. The number of pyridine rings is 1. The highest BCUT2D eigenvalue weighted by Gasteiger charge is 2.53. The smallest absolute Gasteiger partial charge is 0.303 e. The summed E-state index contributed by atoms with van der Waals surface area (Å²) < 4.78 is 33.7. The molecular formula is C35H44N4O10S. The molecule has 14 nitrogen and oxygen atoms in total. The predicted molar refractivity (Wildman–Crippen MR) is 184 cm³/mol. The molecular weight excluding hydrogens is 668 g/mol. The van der Waals surface area contributed by atoms with Gasteiger partial charge in [-0.15, -0.1) is 6.58 Å². The van der Waals surface area contributed by atoms with Gasteiger partial charge in [-0.3, -0.25) is 29.1 Å². The quantitative estimate of drug-likeness (QED) is 0.151. The molecule has 1 aromatic heterocycles. The molecule has 2 bridgehead atoms. The average molecular weight is 713 g/mol. The lowest BCUT2D eigenvalue weighted by Gasteiger charge is -2.52. The van der Waals surface area contributed by atoms with E-state index < -0.39 is 54.5 Å². The second-order valence-corrected chi connectivity index (χ2v) is 13.2. The Labute approximate surface area is 296 Å². The van der Waals surface area contributed by atoms with Crippen LogP contribution in [0.2, 0.25) is 0 Å². The molecule has 6 rings (SSSR count). The maximum absolute atomic E-state index is 12.4. The molecule has 1 aromatic carbocycles. The van der Waals surface area contributed by atoms with Crippen molar-refractivity contribution < 1.29 is 47.6 Å². The Hall–Kier alpha value is -4.34. The Kier molecular flexibility index (Phi) is 11.9. The highest BCUT2D eigenvalue weighted by atomic mass is 32.1. The van der Waals surface area contributed by atoms with Crippen LogP contribution in [-0.4, -0.2) is 102 Å². The van der Waals surface area contributed by atoms with Gasteiger partial charge in [0.2, 0.25) is 0 Å².